The monoisotopic (exact) mass is 848 g/mol. The first-order valence-corrected chi connectivity index (χ1v) is 24.5. The van der Waals surface area contributed by atoms with E-state index in [9.17, 15) is 44.1 Å². The number of nitrogens with one attached hydrogen (secondary N) is 3. The summed E-state index contributed by atoms with van der Waals surface area (Å²) >= 11 is 0. The van der Waals surface area contributed by atoms with Gasteiger partial charge in [0, 0.05) is 54.2 Å². The first kappa shape index (κ1) is 50.3. The second kappa shape index (κ2) is 23.9. The number of alkyl carbamates (subject to hydrolysis) is 3. The number of amides is 3. The van der Waals surface area contributed by atoms with Crippen LogP contribution < -0.4 is 33.2 Å². The van der Waals surface area contributed by atoms with E-state index in [2.05, 4.69) is 16.0 Å². The van der Waals surface area contributed by atoms with Crippen LogP contribution >= 0.6 is 38.7 Å². The second-order valence-electron chi connectivity index (χ2n) is 11.6. The number of ether oxygens (including phenoxy) is 3. The summed E-state index contributed by atoms with van der Waals surface area (Å²) in [6.45, 7) is 4.29. The summed E-state index contributed by atoms with van der Waals surface area (Å²) in [4.78, 5) is 71.7. The Morgan fingerprint density at radius 3 is 0.962 bits per heavy atom. The molecule has 6 unspecified atom stereocenters. The third kappa shape index (κ3) is 21.1. The van der Waals surface area contributed by atoms with Gasteiger partial charge in [-0.15, -0.1) is 30.9 Å². The molecule has 0 saturated carbocycles. The van der Waals surface area contributed by atoms with Crippen LogP contribution in [0.3, 0.4) is 0 Å². The zero-order chi connectivity index (χ0) is 41.0. The second-order valence-corrected chi connectivity index (χ2v) is 23.6. The molecular formula is C27H57N6O16PS3. The molecule has 0 aromatic heterocycles. The molecule has 6 atom stereocenters. The number of rotatable bonds is 27. The zero-order valence-corrected chi connectivity index (χ0v) is 34.1. The molecule has 12 N–H and O–H groups in total. The third-order valence-corrected chi connectivity index (χ3v) is 19.5. The number of carbonyl (C=O) groups excluding carboxylic acids is 3. The Morgan fingerprint density at radius 1 is 0.547 bits per heavy atom. The third-order valence-electron chi connectivity index (χ3n) is 6.60. The van der Waals surface area contributed by atoms with Crippen LogP contribution in [-0.4, -0.2) is 162 Å². The van der Waals surface area contributed by atoms with Gasteiger partial charge in [-0.05, 0) is 39.5 Å². The number of aliphatic carboxylic acids is 3. The molecule has 0 rings (SSSR count). The fraction of sp³-hybridized carbons (Fsp3) is 0.778. The maximum atomic E-state index is 15.2. The number of carbonyl (C=O) groups is 6. The molecule has 53 heavy (non-hydrogen) atoms. The lowest BCUT2D eigenvalue weighted by Crippen LogP contribution is -2.40. The SMILES string of the molecule is CCOC(=O)NCCS(C)(CC(N)C(=O)O)OP(=O)(OS(C)(CCNC(=O)OCC)CC(N)C(=O)O)OS(C)(CCNC(=O)OCC)CC(N)C(=O)O. The molecular weight excluding hydrogens is 791 g/mol. The average Bonchev–Trinajstić information content (AvgIpc) is 3.00. The van der Waals surface area contributed by atoms with Crippen molar-refractivity contribution in [1.29, 1.82) is 0 Å². The minimum atomic E-state index is -5.14. The largest absolute Gasteiger partial charge is 0.503 e. The highest BCUT2D eigenvalue weighted by molar-refractivity contribution is 8.35. The van der Waals surface area contributed by atoms with Crippen LogP contribution in [0.4, 0.5) is 14.4 Å². The molecule has 0 aliphatic heterocycles. The molecule has 0 radical (unpaired) electrons. The predicted octanol–water partition coefficient (Wildman–Crippen LogP) is 0.667. The van der Waals surface area contributed by atoms with Gasteiger partial charge in [-0.25, -0.2) is 30.9 Å². The molecule has 0 bridgehead atoms. The molecule has 314 valence electrons. The van der Waals surface area contributed by atoms with E-state index in [0.717, 1.165) is 0 Å². The van der Waals surface area contributed by atoms with Crippen LogP contribution in [0.15, 0.2) is 0 Å². The summed E-state index contributed by atoms with van der Waals surface area (Å²) in [5.74, 6) is -6.24. The lowest BCUT2D eigenvalue weighted by molar-refractivity contribution is -0.138. The highest BCUT2D eigenvalue weighted by Crippen LogP contribution is 2.75. The standard InChI is InChI=1S/C27H57N6O16PS3/c1-7-44-25(40)31-10-13-51(4,16-19(28)22(34)35)47-50(43,48-52(5,17-20(29)23(36)37)14-11-32-26(41)45-8-2)49-53(6,18-21(30)24(38)39)15-12-33-27(42)46-9-3/h19-21H,7-18,28-30H2,1-6H3,(H,31,40)(H,32,41)(H,33,42)(H,34,35)(H,36,37)(H,38,39). The molecule has 0 fully saturated rings. The van der Waals surface area contributed by atoms with Gasteiger partial charge >= 0.3 is 44.0 Å². The van der Waals surface area contributed by atoms with E-state index in [4.69, 9.17) is 43.3 Å². The van der Waals surface area contributed by atoms with Crippen molar-refractivity contribution in [2.45, 2.75) is 38.9 Å². The number of carboxylic acid groups (broad SMARTS) is 3. The molecule has 0 aliphatic rings. The Hall–Kier alpha value is -2.74. The Morgan fingerprint density at radius 2 is 0.774 bits per heavy atom. The van der Waals surface area contributed by atoms with Gasteiger partial charge in [0.2, 0.25) is 0 Å². The number of hydrogen-bond donors (Lipinski definition) is 9. The molecule has 0 saturated heterocycles. The maximum Gasteiger partial charge on any atom is 0.503 e. The summed E-state index contributed by atoms with van der Waals surface area (Å²) in [5, 5.41) is 36.3. The van der Waals surface area contributed by atoms with Crippen LogP contribution in [-0.2, 0) is 45.1 Å². The Kier molecular flexibility index (Phi) is 22.7. The summed E-state index contributed by atoms with van der Waals surface area (Å²) in [5.41, 5.74) is 17.7. The normalized spacial score (nSPS) is 19.3. The van der Waals surface area contributed by atoms with Gasteiger partial charge in [-0.3, -0.25) is 14.4 Å². The molecule has 0 aliphatic carbocycles. The fourth-order valence-corrected chi connectivity index (χ4v) is 16.8. The molecule has 0 aromatic carbocycles. The van der Waals surface area contributed by atoms with E-state index in [1.54, 1.807) is 20.8 Å². The highest BCUT2D eigenvalue weighted by Gasteiger charge is 2.46. The minimum absolute atomic E-state index is 0.0446. The Labute approximate surface area is 313 Å². The van der Waals surface area contributed by atoms with Crippen molar-refractivity contribution in [3.8, 4) is 0 Å². The van der Waals surface area contributed by atoms with Gasteiger partial charge < -0.3 is 62.7 Å². The van der Waals surface area contributed by atoms with Crippen LogP contribution in [0.2, 0.25) is 0 Å². The van der Waals surface area contributed by atoms with Crippen LogP contribution in [0.5, 0.6) is 0 Å². The lowest BCUT2D eigenvalue weighted by atomic mass is 10.4. The Bertz CT molecular complexity index is 1150. The van der Waals surface area contributed by atoms with Crippen molar-refractivity contribution >= 4 is 74.9 Å². The smallest absolute Gasteiger partial charge is 0.480 e. The number of phosphoric acid groups is 1. The zero-order valence-electron chi connectivity index (χ0n) is 30.8. The van der Waals surface area contributed by atoms with Crippen molar-refractivity contribution in [2.75, 3.05) is 92.7 Å². The summed E-state index contributed by atoms with van der Waals surface area (Å²) < 4.78 is 48.4. The maximum absolute atomic E-state index is 15.2. The predicted molar refractivity (Wildman–Crippen MR) is 203 cm³/mol. The van der Waals surface area contributed by atoms with Gasteiger partial charge in [0.15, 0.2) is 0 Å². The molecule has 0 spiro atoms. The quantitative estimate of drug-likeness (QED) is 0.0405. The van der Waals surface area contributed by atoms with Gasteiger partial charge in [0.25, 0.3) is 0 Å². The molecule has 22 nitrogen and oxygen atoms in total. The van der Waals surface area contributed by atoms with Crippen LogP contribution in [0.1, 0.15) is 20.8 Å². The fourth-order valence-electron chi connectivity index (χ4n) is 4.16. The van der Waals surface area contributed by atoms with Crippen LogP contribution in [0.25, 0.3) is 0 Å². The highest BCUT2D eigenvalue weighted by atomic mass is 32.3. The van der Waals surface area contributed by atoms with Crippen molar-refractivity contribution in [3.63, 3.8) is 0 Å². The average molecular weight is 849 g/mol. The van der Waals surface area contributed by atoms with E-state index >= 15 is 4.57 Å². The lowest BCUT2D eigenvalue weighted by Gasteiger charge is -2.46. The van der Waals surface area contributed by atoms with E-state index in [1.165, 1.54) is 18.8 Å². The van der Waals surface area contributed by atoms with Gasteiger partial charge in [0.1, 0.15) is 18.1 Å². The van der Waals surface area contributed by atoms with E-state index in [1.807, 2.05) is 0 Å². The minimum Gasteiger partial charge on any atom is -0.480 e. The van der Waals surface area contributed by atoms with Crippen molar-refractivity contribution in [3.05, 3.63) is 0 Å². The molecule has 26 heteroatoms. The molecule has 0 aromatic rings. The summed E-state index contributed by atoms with van der Waals surface area (Å²) in [7, 11) is -14.2. The number of hydrogen-bond acceptors (Lipinski definition) is 16. The Balaban J connectivity index is 7.27. The topological polar surface area (TPSA) is 350 Å². The first-order chi connectivity index (χ1) is 24.5. The van der Waals surface area contributed by atoms with Gasteiger partial charge in [0.05, 0.1) is 19.8 Å². The van der Waals surface area contributed by atoms with Gasteiger partial charge in [-0.1, -0.05) is 0 Å². The first-order valence-electron chi connectivity index (χ1n) is 16.1. The van der Waals surface area contributed by atoms with Crippen LogP contribution in [0, 0.1) is 0 Å². The summed E-state index contributed by atoms with van der Waals surface area (Å²) in [6, 6.07) is -4.73. The van der Waals surface area contributed by atoms with Crippen molar-refractivity contribution in [1.82, 2.24) is 16.0 Å². The van der Waals surface area contributed by atoms with E-state index < -0.39 is 110 Å². The van der Waals surface area contributed by atoms with Gasteiger partial charge in [-0.2, -0.15) is 0 Å². The molecule has 3 amide bonds. The number of nitrogens with two attached hydrogens (primary N) is 3. The summed E-state index contributed by atoms with van der Waals surface area (Å²) in [6.07, 6.45) is 1.77. The molecule has 0 heterocycles. The van der Waals surface area contributed by atoms with E-state index in [0.29, 0.717) is 0 Å². The van der Waals surface area contributed by atoms with Crippen molar-refractivity contribution < 1.29 is 74.8 Å². The van der Waals surface area contributed by atoms with Crippen molar-refractivity contribution in [2.24, 2.45) is 17.2 Å². The van der Waals surface area contributed by atoms with E-state index in [-0.39, 0.29) is 56.7 Å². The number of carboxylic acids is 3.